The summed E-state index contributed by atoms with van der Waals surface area (Å²) < 4.78 is 13.5. The second kappa shape index (κ2) is 6.86. The maximum Gasteiger partial charge on any atom is 0.438 e. The molecule has 9 nitrogen and oxygen atoms in total. The van der Waals surface area contributed by atoms with Crippen molar-refractivity contribution < 1.29 is 13.6 Å². The van der Waals surface area contributed by atoms with Gasteiger partial charge in [0, 0.05) is 17.5 Å². The van der Waals surface area contributed by atoms with Crippen LogP contribution in [0.1, 0.15) is 5.56 Å². The summed E-state index contributed by atoms with van der Waals surface area (Å²) >= 11 is 1.21. The van der Waals surface area contributed by atoms with Gasteiger partial charge in [-0.2, -0.15) is 0 Å². The number of aromatic nitrogens is 5. The van der Waals surface area contributed by atoms with Crippen LogP contribution in [0.4, 0.5) is 0 Å². The fourth-order valence-electron chi connectivity index (χ4n) is 3.50. The van der Waals surface area contributed by atoms with E-state index in [0.29, 0.717) is 26.8 Å². The number of aryl methyl sites for hydroxylation is 1. The largest absolute Gasteiger partial charge is 0.438 e. The molecule has 0 unspecified atom stereocenters. The van der Waals surface area contributed by atoms with E-state index in [1.54, 1.807) is 23.0 Å². The van der Waals surface area contributed by atoms with E-state index < -0.39 is 11.3 Å². The second-order valence-electron chi connectivity index (χ2n) is 7.25. The number of rotatable bonds is 3. The van der Waals surface area contributed by atoms with E-state index in [2.05, 4.69) is 15.4 Å². The molecule has 0 bridgehead atoms. The molecule has 4 heterocycles. The number of H-pyrrole nitrogens is 1. The lowest BCUT2D eigenvalue weighted by Crippen LogP contribution is -2.36. The van der Waals surface area contributed by atoms with Crippen LogP contribution in [-0.4, -0.2) is 19.9 Å². The quantitative estimate of drug-likeness (QED) is 0.332. The summed E-state index contributed by atoms with van der Waals surface area (Å²) in [5, 5.41) is 8.35. The zero-order valence-electron chi connectivity index (χ0n) is 16.6. The van der Waals surface area contributed by atoms with Crippen LogP contribution in [0.2, 0.25) is 0 Å². The highest BCUT2D eigenvalue weighted by Crippen LogP contribution is 2.26. The number of nitrogens with zero attached hydrogens (tertiary/aromatic N) is 4. The van der Waals surface area contributed by atoms with Crippen molar-refractivity contribution in [1.29, 1.82) is 0 Å². The standard InChI is InChI=1S/C22H13N5O4S/c1-12-6-8-14(9-7-12)27-18(21(29)31-25-27)19-24-26-11-16(23-22(26)32-19)15-10-13-4-2-3-5-17(13)30-20(15)28/h2-11H,1H3/p+1. The fraction of sp³-hybridized carbons (Fsp3) is 0.0455. The molecule has 0 radical (unpaired) electrons. The minimum atomic E-state index is -0.544. The summed E-state index contributed by atoms with van der Waals surface area (Å²) in [6, 6.07) is 16.7. The number of imidazole rings is 1. The van der Waals surface area contributed by atoms with E-state index in [4.69, 9.17) is 8.94 Å². The summed E-state index contributed by atoms with van der Waals surface area (Å²) in [6.45, 7) is 1.98. The molecular weight excluding hydrogens is 430 g/mol. The van der Waals surface area contributed by atoms with Gasteiger partial charge >= 0.3 is 16.9 Å². The highest BCUT2D eigenvalue weighted by molar-refractivity contribution is 7.19. The number of hydrogen-bond acceptors (Lipinski definition) is 7. The van der Waals surface area contributed by atoms with E-state index in [1.807, 2.05) is 49.4 Å². The van der Waals surface area contributed by atoms with Gasteiger partial charge in [-0.15, -0.1) is 5.10 Å². The van der Waals surface area contributed by atoms with Crippen LogP contribution in [-0.2, 0) is 0 Å². The number of fused-ring (bicyclic) bond motifs is 2. The molecule has 2 aromatic carbocycles. The van der Waals surface area contributed by atoms with Gasteiger partial charge in [0.1, 0.15) is 5.58 Å². The Balaban J connectivity index is 1.45. The molecule has 0 saturated heterocycles. The molecule has 32 heavy (non-hydrogen) atoms. The Morgan fingerprint density at radius 1 is 1.06 bits per heavy atom. The van der Waals surface area contributed by atoms with Crippen molar-refractivity contribution in [2.75, 3.05) is 0 Å². The van der Waals surface area contributed by atoms with Gasteiger partial charge in [0.15, 0.2) is 0 Å². The molecule has 0 aliphatic carbocycles. The smallest absolute Gasteiger partial charge is 0.422 e. The van der Waals surface area contributed by atoms with Crippen LogP contribution in [0.5, 0.6) is 0 Å². The molecule has 0 fully saturated rings. The summed E-state index contributed by atoms with van der Waals surface area (Å²) in [5.74, 6) is 0. The molecule has 0 saturated carbocycles. The van der Waals surface area contributed by atoms with Gasteiger partial charge in [-0.1, -0.05) is 47.2 Å². The van der Waals surface area contributed by atoms with Crippen molar-refractivity contribution in [3.63, 3.8) is 0 Å². The number of benzene rings is 2. The van der Waals surface area contributed by atoms with Crippen molar-refractivity contribution in [2.24, 2.45) is 0 Å². The number of aromatic amines is 1. The normalized spacial score (nSPS) is 11.5. The zero-order valence-corrected chi connectivity index (χ0v) is 17.4. The Morgan fingerprint density at radius 3 is 2.69 bits per heavy atom. The highest BCUT2D eigenvalue weighted by Gasteiger charge is 2.29. The summed E-state index contributed by atoms with van der Waals surface area (Å²) in [6.07, 6.45) is 1.64. The first-order valence-corrected chi connectivity index (χ1v) is 10.5. The van der Waals surface area contributed by atoms with Crippen molar-refractivity contribution in [3.8, 4) is 27.6 Å². The van der Waals surface area contributed by atoms with Crippen LogP contribution in [0.15, 0.2) is 79.3 Å². The minimum Gasteiger partial charge on any atom is -0.422 e. The van der Waals surface area contributed by atoms with Crippen LogP contribution in [0, 0.1) is 6.92 Å². The van der Waals surface area contributed by atoms with Gasteiger partial charge < -0.3 is 4.42 Å². The lowest BCUT2D eigenvalue weighted by atomic mass is 10.1. The van der Waals surface area contributed by atoms with Gasteiger partial charge in [0.25, 0.3) is 0 Å². The molecule has 0 aliphatic heterocycles. The van der Waals surface area contributed by atoms with Gasteiger partial charge in [-0.25, -0.2) is 19.1 Å². The lowest BCUT2D eigenvalue weighted by molar-refractivity contribution is -0.660. The van der Waals surface area contributed by atoms with Crippen molar-refractivity contribution in [1.82, 2.24) is 19.9 Å². The highest BCUT2D eigenvalue weighted by atomic mass is 32.1. The minimum absolute atomic E-state index is 0.260. The predicted molar refractivity (Wildman–Crippen MR) is 117 cm³/mol. The Morgan fingerprint density at radius 2 is 1.88 bits per heavy atom. The van der Waals surface area contributed by atoms with E-state index in [0.717, 1.165) is 16.6 Å². The predicted octanol–water partition coefficient (Wildman–Crippen LogP) is 3.10. The molecule has 0 amide bonds. The zero-order chi connectivity index (χ0) is 21.8. The Bertz CT molecular complexity index is 1700. The topological polar surface area (TPSA) is 110 Å². The molecule has 0 spiro atoms. The Hall–Kier alpha value is -4.31. The van der Waals surface area contributed by atoms with Crippen LogP contribution in [0.25, 0.3) is 43.6 Å². The first-order valence-electron chi connectivity index (χ1n) is 9.67. The first kappa shape index (κ1) is 18.5. The van der Waals surface area contributed by atoms with E-state index >= 15 is 0 Å². The summed E-state index contributed by atoms with van der Waals surface area (Å²) in [4.78, 5) is 29.9. The molecular formula is C22H14N5O4S+. The Kier molecular flexibility index (Phi) is 3.95. The second-order valence-corrected chi connectivity index (χ2v) is 8.20. The fourth-order valence-corrected chi connectivity index (χ4v) is 4.40. The molecule has 6 rings (SSSR count). The molecule has 6 aromatic rings. The third kappa shape index (κ3) is 2.88. The van der Waals surface area contributed by atoms with E-state index in [9.17, 15) is 9.59 Å². The van der Waals surface area contributed by atoms with Gasteiger partial charge in [-0.3, -0.25) is 4.52 Å². The average Bonchev–Trinajstić information content (AvgIpc) is 3.46. The SMILES string of the molecule is Cc1ccc(-[n+]2[nH]oc(=O)c2-c2nn3cc(-c4cc5ccccc5oc4=O)nc3s2)cc1. The van der Waals surface area contributed by atoms with E-state index in [1.165, 1.54) is 15.9 Å². The third-order valence-electron chi connectivity index (χ3n) is 5.10. The van der Waals surface area contributed by atoms with Crippen molar-refractivity contribution in [2.45, 2.75) is 6.92 Å². The maximum atomic E-state index is 12.5. The molecule has 0 atom stereocenters. The van der Waals surface area contributed by atoms with Gasteiger partial charge in [-0.05, 0) is 29.0 Å². The summed E-state index contributed by atoms with van der Waals surface area (Å²) in [7, 11) is 0. The molecule has 156 valence electrons. The monoisotopic (exact) mass is 444 g/mol. The molecule has 1 N–H and O–H groups in total. The van der Waals surface area contributed by atoms with Gasteiger partial charge in [0.05, 0.1) is 17.5 Å². The maximum absolute atomic E-state index is 12.5. The van der Waals surface area contributed by atoms with Crippen LogP contribution < -0.4 is 15.9 Å². The number of nitrogens with one attached hydrogen (secondary N) is 1. The van der Waals surface area contributed by atoms with Crippen molar-refractivity contribution in [3.05, 3.63) is 87.2 Å². The molecule has 0 aliphatic rings. The number of hydrogen-bond donors (Lipinski definition) is 1. The van der Waals surface area contributed by atoms with Gasteiger partial charge in [0.2, 0.25) is 15.7 Å². The van der Waals surface area contributed by atoms with Crippen molar-refractivity contribution >= 4 is 27.3 Å². The van der Waals surface area contributed by atoms with Crippen LogP contribution in [0.3, 0.4) is 0 Å². The van der Waals surface area contributed by atoms with E-state index in [-0.39, 0.29) is 5.69 Å². The molecule has 10 heteroatoms. The molecule has 4 aromatic heterocycles. The lowest BCUT2D eigenvalue weighted by Gasteiger charge is -1.98. The number of para-hydroxylation sites is 1. The first-order chi connectivity index (χ1) is 15.6. The van der Waals surface area contributed by atoms with Crippen LogP contribution >= 0.6 is 11.3 Å². The third-order valence-corrected chi connectivity index (χ3v) is 6.03. The summed E-state index contributed by atoms with van der Waals surface area (Å²) in [5.41, 5.74) is 2.38. The Labute approximate surface area is 182 Å². The average molecular weight is 444 g/mol.